The van der Waals surface area contributed by atoms with E-state index in [1.165, 1.54) is 10.6 Å². The maximum Gasteiger partial charge on any atom is 0.275 e. The van der Waals surface area contributed by atoms with Gasteiger partial charge in [-0.3, -0.25) is 4.79 Å². The summed E-state index contributed by atoms with van der Waals surface area (Å²) in [6.45, 7) is 0.406. The van der Waals surface area contributed by atoms with E-state index in [4.69, 9.17) is 34.8 Å². The number of aromatic nitrogens is 4. The van der Waals surface area contributed by atoms with Gasteiger partial charge in [-0.25, -0.2) is 0 Å². The molecule has 0 spiro atoms. The lowest BCUT2D eigenvalue weighted by molar-refractivity contribution is 0.884. The maximum absolute atomic E-state index is 11.9. The van der Waals surface area contributed by atoms with Crippen LogP contribution in [0, 0.1) is 0 Å². The summed E-state index contributed by atoms with van der Waals surface area (Å²) < 4.78 is 1.17. The van der Waals surface area contributed by atoms with Crippen LogP contribution in [0.2, 0.25) is 10.0 Å². The Balaban J connectivity index is 1.85. The summed E-state index contributed by atoms with van der Waals surface area (Å²) in [4.78, 5) is 19.0. The average molecular weight is 359 g/mol. The van der Waals surface area contributed by atoms with E-state index in [1.807, 2.05) is 6.07 Å². The van der Waals surface area contributed by atoms with E-state index in [1.54, 1.807) is 12.1 Å². The van der Waals surface area contributed by atoms with Crippen molar-refractivity contribution in [2.45, 2.75) is 12.4 Å². The lowest BCUT2D eigenvalue weighted by Gasteiger charge is -2.04. The summed E-state index contributed by atoms with van der Waals surface area (Å²) in [6, 6.07) is 6.60. The van der Waals surface area contributed by atoms with Gasteiger partial charge in [-0.1, -0.05) is 29.3 Å². The Labute approximate surface area is 140 Å². The Hall–Kier alpha value is -1.76. The second kappa shape index (κ2) is 6.16. The van der Waals surface area contributed by atoms with Gasteiger partial charge in [-0.2, -0.15) is 9.50 Å². The zero-order valence-electron chi connectivity index (χ0n) is 11.1. The molecule has 3 aromatic rings. The number of hydrogen-bond acceptors (Lipinski definition) is 4. The molecular formula is C13H10Cl3N5O. The second-order valence-corrected chi connectivity index (χ2v) is 5.64. The molecule has 0 aliphatic carbocycles. The molecule has 3 rings (SSSR count). The van der Waals surface area contributed by atoms with Gasteiger partial charge in [0.2, 0.25) is 11.7 Å². The van der Waals surface area contributed by atoms with Crippen molar-refractivity contribution in [3.8, 4) is 0 Å². The molecule has 0 radical (unpaired) electrons. The fraction of sp³-hybridized carbons (Fsp3) is 0.154. The first kappa shape index (κ1) is 15.1. The Morgan fingerprint density at radius 2 is 2.09 bits per heavy atom. The molecule has 0 atom stereocenters. The van der Waals surface area contributed by atoms with E-state index in [0.717, 1.165) is 5.56 Å². The second-order valence-electron chi connectivity index (χ2n) is 4.53. The summed E-state index contributed by atoms with van der Waals surface area (Å²) in [7, 11) is 0. The summed E-state index contributed by atoms with van der Waals surface area (Å²) in [5, 5.41) is 8.22. The summed E-state index contributed by atoms with van der Waals surface area (Å²) in [6.07, 6.45) is 0. The molecule has 2 N–H and O–H groups in total. The molecular weight excluding hydrogens is 349 g/mol. The van der Waals surface area contributed by atoms with E-state index in [-0.39, 0.29) is 11.4 Å². The number of hydrogen-bond donors (Lipinski definition) is 2. The van der Waals surface area contributed by atoms with Gasteiger partial charge in [0.1, 0.15) is 0 Å². The molecule has 0 aliphatic rings. The number of fused-ring (bicyclic) bond motifs is 1. The standard InChI is InChI=1S/C13H10Cl3N5O/c14-5-9-4-11(22)21-13(18-9)19-12(20-21)17-6-7-1-2-8(15)3-10(7)16/h1-4H,5-6H2,(H2,17,18,19,20). The summed E-state index contributed by atoms with van der Waals surface area (Å²) in [5.74, 6) is 0.834. The van der Waals surface area contributed by atoms with E-state index in [0.29, 0.717) is 34.0 Å². The molecule has 2 aromatic heterocycles. The first-order valence-electron chi connectivity index (χ1n) is 6.29. The van der Waals surface area contributed by atoms with Gasteiger partial charge in [-0.15, -0.1) is 16.7 Å². The van der Waals surface area contributed by atoms with Crippen LogP contribution in [0.4, 0.5) is 5.95 Å². The Morgan fingerprint density at radius 1 is 1.27 bits per heavy atom. The molecule has 0 fully saturated rings. The monoisotopic (exact) mass is 357 g/mol. The molecule has 0 unspecified atom stereocenters. The highest BCUT2D eigenvalue weighted by Crippen LogP contribution is 2.21. The highest BCUT2D eigenvalue weighted by atomic mass is 35.5. The van der Waals surface area contributed by atoms with E-state index >= 15 is 0 Å². The van der Waals surface area contributed by atoms with Gasteiger partial charge in [0.05, 0.1) is 5.88 Å². The van der Waals surface area contributed by atoms with Crippen molar-refractivity contribution in [2.75, 3.05) is 5.32 Å². The number of rotatable bonds is 4. The van der Waals surface area contributed by atoms with Crippen LogP contribution in [0.25, 0.3) is 5.78 Å². The highest BCUT2D eigenvalue weighted by Gasteiger charge is 2.08. The number of alkyl halides is 1. The van der Waals surface area contributed by atoms with E-state index in [9.17, 15) is 4.79 Å². The molecule has 2 heterocycles. The fourth-order valence-electron chi connectivity index (χ4n) is 1.92. The van der Waals surface area contributed by atoms with Crippen molar-refractivity contribution in [3.05, 3.63) is 55.9 Å². The molecule has 0 bridgehead atoms. The smallest absolute Gasteiger partial charge is 0.275 e. The van der Waals surface area contributed by atoms with Crippen molar-refractivity contribution < 1.29 is 0 Å². The van der Waals surface area contributed by atoms with Gasteiger partial charge in [0, 0.05) is 28.4 Å². The quantitative estimate of drug-likeness (QED) is 0.703. The van der Waals surface area contributed by atoms with Crippen LogP contribution < -0.4 is 10.9 Å². The van der Waals surface area contributed by atoms with Gasteiger partial charge < -0.3 is 10.3 Å². The maximum atomic E-state index is 11.9. The molecule has 114 valence electrons. The molecule has 6 nitrogen and oxygen atoms in total. The summed E-state index contributed by atoms with van der Waals surface area (Å²) in [5.41, 5.74) is 1.13. The van der Waals surface area contributed by atoms with Crippen molar-refractivity contribution in [3.63, 3.8) is 0 Å². The highest BCUT2D eigenvalue weighted by molar-refractivity contribution is 6.35. The molecule has 9 heteroatoms. The van der Waals surface area contributed by atoms with Gasteiger partial charge >= 0.3 is 0 Å². The molecule has 0 aliphatic heterocycles. The predicted octanol–water partition coefficient (Wildman–Crippen LogP) is 3.08. The lowest BCUT2D eigenvalue weighted by Crippen LogP contribution is -2.15. The number of halogens is 3. The average Bonchev–Trinajstić information content (AvgIpc) is 2.89. The molecule has 0 saturated carbocycles. The topological polar surface area (TPSA) is 75.1 Å². The van der Waals surface area contributed by atoms with Crippen molar-refractivity contribution in [1.82, 2.24) is 19.6 Å². The number of nitrogens with zero attached hydrogens (tertiary/aromatic N) is 3. The molecule has 0 amide bonds. The van der Waals surface area contributed by atoms with Crippen LogP contribution in [0.15, 0.2) is 29.1 Å². The number of H-pyrrole nitrogens is 1. The number of aromatic amines is 1. The molecule has 1 aromatic carbocycles. The molecule has 22 heavy (non-hydrogen) atoms. The zero-order chi connectivity index (χ0) is 15.7. The van der Waals surface area contributed by atoms with E-state index < -0.39 is 0 Å². The van der Waals surface area contributed by atoms with Crippen molar-refractivity contribution in [2.24, 2.45) is 0 Å². The predicted molar refractivity (Wildman–Crippen MR) is 87.0 cm³/mol. The Kier molecular flexibility index (Phi) is 4.24. The normalized spacial score (nSPS) is 11.0. The number of benzene rings is 1. The van der Waals surface area contributed by atoms with Crippen molar-refractivity contribution >= 4 is 46.5 Å². The third kappa shape index (κ3) is 3.04. The minimum Gasteiger partial charge on any atom is -0.349 e. The Morgan fingerprint density at radius 3 is 2.82 bits per heavy atom. The SMILES string of the molecule is O=c1cc(CCl)[nH]c2nc(NCc3ccc(Cl)cc3Cl)nn12. The number of nitrogens with one attached hydrogen (secondary N) is 2. The first-order valence-corrected chi connectivity index (χ1v) is 7.58. The Bertz CT molecular complexity index is 889. The van der Waals surface area contributed by atoms with E-state index in [2.05, 4.69) is 20.4 Å². The lowest BCUT2D eigenvalue weighted by atomic mass is 10.2. The fourth-order valence-corrected chi connectivity index (χ4v) is 2.54. The van der Waals surface area contributed by atoms with Gasteiger partial charge in [-0.05, 0) is 17.7 Å². The zero-order valence-corrected chi connectivity index (χ0v) is 13.4. The molecule has 0 saturated heterocycles. The number of anilines is 1. The van der Waals surface area contributed by atoms with Crippen LogP contribution in [0.5, 0.6) is 0 Å². The van der Waals surface area contributed by atoms with Gasteiger partial charge in [0.15, 0.2) is 0 Å². The largest absolute Gasteiger partial charge is 0.349 e. The third-order valence-corrected chi connectivity index (χ3v) is 3.86. The first-order chi connectivity index (χ1) is 10.6. The van der Waals surface area contributed by atoms with Crippen LogP contribution in [-0.2, 0) is 12.4 Å². The minimum atomic E-state index is -0.297. The van der Waals surface area contributed by atoms with Crippen LogP contribution >= 0.6 is 34.8 Å². The van der Waals surface area contributed by atoms with Crippen molar-refractivity contribution in [1.29, 1.82) is 0 Å². The van der Waals surface area contributed by atoms with Crippen LogP contribution in [0.1, 0.15) is 11.3 Å². The summed E-state index contributed by atoms with van der Waals surface area (Å²) >= 11 is 17.7. The minimum absolute atomic E-state index is 0.196. The van der Waals surface area contributed by atoms with Gasteiger partial charge in [0.25, 0.3) is 5.56 Å². The van der Waals surface area contributed by atoms with Crippen LogP contribution in [-0.4, -0.2) is 19.6 Å². The third-order valence-electron chi connectivity index (χ3n) is 2.98. The van der Waals surface area contributed by atoms with Crippen LogP contribution in [0.3, 0.4) is 0 Å².